The molecule has 0 radical (unpaired) electrons. The van der Waals surface area contributed by atoms with Crippen molar-refractivity contribution < 1.29 is 19.8 Å². The Kier molecular flexibility index (Phi) is 2.75. The maximum Gasteiger partial charge on any atom is 0.407 e. The van der Waals surface area contributed by atoms with Gasteiger partial charge in [-0.3, -0.25) is 4.79 Å². The number of likely N-dealkylation sites (tertiary alicyclic amines) is 1. The molecule has 74 valence electrons. The quantitative estimate of drug-likeness (QED) is 0.637. The summed E-state index contributed by atoms with van der Waals surface area (Å²) in [6.45, 7) is 1.91. The van der Waals surface area contributed by atoms with E-state index in [4.69, 9.17) is 10.2 Å². The van der Waals surface area contributed by atoms with E-state index in [1.54, 1.807) is 6.92 Å². The molecule has 0 spiro atoms. The van der Waals surface area contributed by atoms with Crippen molar-refractivity contribution in [3.63, 3.8) is 0 Å². The van der Waals surface area contributed by atoms with Crippen molar-refractivity contribution in [1.29, 1.82) is 0 Å². The normalized spacial score (nSPS) is 28.5. The van der Waals surface area contributed by atoms with E-state index in [-0.39, 0.29) is 12.6 Å². The third-order valence-corrected chi connectivity index (χ3v) is 2.48. The van der Waals surface area contributed by atoms with Crippen molar-refractivity contribution >= 4 is 12.1 Å². The van der Waals surface area contributed by atoms with Crippen molar-refractivity contribution in [2.75, 3.05) is 6.54 Å². The van der Waals surface area contributed by atoms with E-state index >= 15 is 0 Å². The molecular weight excluding hydrogens is 174 g/mol. The number of nitrogens with zero attached hydrogens (tertiary/aromatic N) is 1. The number of piperidine rings is 1. The molecule has 2 N–H and O–H groups in total. The molecular formula is C8H13NO4. The van der Waals surface area contributed by atoms with Gasteiger partial charge in [-0.1, -0.05) is 0 Å². The van der Waals surface area contributed by atoms with Gasteiger partial charge in [0.1, 0.15) is 0 Å². The summed E-state index contributed by atoms with van der Waals surface area (Å²) in [7, 11) is 0. The summed E-state index contributed by atoms with van der Waals surface area (Å²) in [5.74, 6) is -1.44. The Balaban J connectivity index is 2.63. The lowest BCUT2D eigenvalue weighted by Gasteiger charge is -2.34. The zero-order chi connectivity index (χ0) is 10.0. The Labute approximate surface area is 76.0 Å². The zero-order valence-electron chi connectivity index (χ0n) is 7.43. The van der Waals surface area contributed by atoms with Gasteiger partial charge < -0.3 is 15.1 Å². The highest BCUT2D eigenvalue weighted by molar-refractivity contribution is 5.72. The molecule has 13 heavy (non-hydrogen) atoms. The first kappa shape index (κ1) is 9.83. The number of hydrogen-bond acceptors (Lipinski definition) is 2. The van der Waals surface area contributed by atoms with Gasteiger partial charge in [0.2, 0.25) is 0 Å². The lowest BCUT2D eigenvalue weighted by molar-refractivity contribution is -0.143. The van der Waals surface area contributed by atoms with E-state index in [1.807, 2.05) is 0 Å². The van der Waals surface area contributed by atoms with Crippen molar-refractivity contribution in [1.82, 2.24) is 4.90 Å². The topological polar surface area (TPSA) is 77.8 Å². The second kappa shape index (κ2) is 3.64. The summed E-state index contributed by atoms with van der Waals surface area (Å²) in [5, 5.41) is 17.4. The molecule has 0 saturated carbocycles. The van der Waals surface area contributed by atoms with E-state index in [9.17, 15) is 9.59 Å². The minimum absolute atomic E-state index is 0.0619. The van der Waals surface area contributed by atoms with Crippen molar-refractivity contribution in [2.24, 2.45) is 5.92 Å². The first-order valence-corrected chi connectivity index (χ1v) is 4.24. The molecule has 0 aliphatic carbocycles. The van der Waals surface area contributed by atoms with Crippen molar-refractivity contribution in [3.8, 4) is 0 Å². The summed E-state index contributed by atoms with van der Waals surface area (Å²) in [5.41, 5.74) is 0. The molecule has 0 aromatic carbocycles. The molecule has 0 unspecified atom stereocenters. The molecule has 1 rings (SSSR count). The average molecular weight is 187 g/mol. The minimum Gasteiger partial charge on any atom is -0.481 e. The Bertz CT molecular complexity index is 228. The van der Waals surface area contributed by atoms with Crippen LogP contribution >= 0.6 is 0 Å². The molecule has 5 heteroatoms. The van der Waals surface area contributed by atoms with Crippen molar-refractivity contribution in [2.45, 2.75) is 25.8 Å². The number of hydrogen-bond donors (Lipinski definition) is 2. The van der Waals surface area contributed by atoms with E-state index in [0.29, 0.717) is 12.8 Å². The van der Waals surface area contributed by atoms with Gasteiger partial charge in [-0.25, -0.2) is 4.79 Å². The summed E-state index contributed by atoms with van der Waals surface area (Å²) in [6, 6.07) is -0.0619. The van der Waals surface area contributed by atoms with Crippen LogP contribution in [0.1, 0.15) is 19.8 Å². The smallest absolute Gasteiger partial charge is 0.407 e. The number of carbonyl (C=O) groups is 2. The lowest BCUT2D eigenvalue weighted by Crippen LogP contribution is -2.46. The van der Waals surface area contributed by atoms with Gasteiger partial charge in [0, 0.05) is 12.6 Å². The SMILES string of the molecule is C[C@H]1CC[C@@H](C(=O)O)CN1C(=O)O. The summed E-state index contributed by atoms with van der Waals surface area (Å²) >= 11 is 0. The molecule has 1 amide bonds. The van der Waals surface area contributed by atoms with Crippen LogP contribution < -0.4 is 0 Å². The molecule has 0 bridgehead atoms. The highest BCUT2D eigenvalue weighted by Gasteiger charge is 2.32. The molecule has 5 nitrogen and oxygen atoms in total. The van der Waals surface area contributed by atoms with Gasteiger partial charge in [-0.05, 0) is 19.8 Å². The average Bonchev–Trinajstić information content (AvgIpc) is 2.04. The number of amides is 1. The van der Waals surface area contributed by atoms with Crippen LogP contribution in [0.25, 0.3) is 0 Å². The number of carboxylic acids is 1. The largest absolute Gasteiger partial charge is 0.481 e. The van der Waals surface area contributed by atoms with Crippen molar-refractivity contribution in [3.05, 3.63) is 0 Å². The first-order valence-electron chi connectivity index (χ1n) is 4.24. The van der Waals surface area contributed by atoms with Gasteiger partial charge >= 0.3 is 12.1 Å². The molecule has 1 aliphatic heterocycles. The lowest BCUT2D eigenvalue weighted by atomic mass is 9.94. The van der Waals surface area contributed by atoms with Gasteiger partial charge in [0.05, 0.1) is 5.92 Å². The zero-order valence-corrected chi connectivity index (χ0v) is 7.43. The molecule has 0 aromatic heterocycles. The maximum absolute atomic E-state index is 10.7. The highest BCUT2D eigenvalue weighted by atomic mass is 16.4. The molecule has 1 saturated heterocycles. The van der Waals surface area contributed by atoms with Gasteiger partial charge in [-0.15, -0.1) is 0 Å². The van der Waals surface area contributed by atoms with Crippen LogP contribution in [0.4, 0.5) is 4.79 Å². The molecule has 0 aromatic rings. The highest BCUT2D eigenvalue weighted by Crippen LogP contribution is 2.21. The van der Waals surface area contributed by atoms with Gasteiger partial charge in [0.25, 0.3) is 0 Å². The Hall–Kier alpha value is -1.26. The molecule has 2 atom stereocenters. The van der Waals surface area contributed by atoms with Crippen LogP contribution in [0.15, 0.2) is 0 Å². The first-order chi connectivity index (χ1) is 6.02. The molecule has 1 fully saturated rings. The number of aliphatic carboxylic acids is 1. The number of rotatable bonds is 1. The molecule has 1 aliphatic rings. The van der Waals surface area contributed by atoms with E-state index in [1.165, 1.54) is 4.90 Å². The predicted molar refractivity (Wildman–Crippen MR) is 44.6 cm³/mol. The standard InChI is InChI=1S/C8H13NO4/c1-5-2-3-6(7(10)11)4-9(5)8(12)13/h5-6H,2-4H2,1H3,(H,10,11)(H,12,13)/t5-,6+/m0/s1. The van der Waals surface area contributed by atoms with Crippen LogP contribution in [0.2, 0.25) is 0 Å². The summed E-state index contributed by atoms with van der Waals surface area (Å²) < 4.78 is 0. The van der Waals surface area contributed by atoms with E-state index in [2.05, 4.69) is 0 Å². The van der Waals surface area contributed by atoms with Crippen LogP contribution in [-0.2, 0) is 4.79 Å². The maximum atomic E-state index is 10.7. The Morgan fingerprint density at radius 2 is 1.92 bits per heavy atom. The van der Waals surface area contributed by atoms with Gasteiger partial charge in [0.15, 0.2) is 0 Å². The summed E-state index contributed by atoms with van der Waals surface area (Å²) in [6.07, 6.45) is 0.169. The fraction of sp³-hybridized carbons (Fsp3) is 0.750. The van der Waals surface area contributed by atoms with E-state index in [0.717, 1.165) is 0 Å². The number of carboxylic acid groups (broad SMARTS) is 2. The second-order valence-corrected chi connectivity index (χ2v) is 3.40. The molecule has 1 heterocycles. The fourth-order valence-electron chi connectivity index (χ4n) is 1.58. The van der Waals surface area contributed by atoms with Gasteiger partial charge in [-0.2, -0.15) is 0 Å². The van der Waals surface area contributed by atoms with Crippen LogP contribution in [0.3, 0.4) is 0 Å². The summed E-state index contributed by atoms with van der Waals surface area (Å²) in [4.78, 5) is 22.5. The Morgan fingerprint density at radius 3 is 2.38 bits per heavy atom. The Morgan fingerprint density at radius 1 is 1.31 bits per heavy atom. The minimum atomic E-state index is -1.03. The second-order valence-electron chi connectivity index (χ2n) is 3.40. The van der Waals surface area contributed by atoms with Crippen LogP contribution in [0.5, 0.6) is 0 Å². The van der Waals surface area contributed by atoms with Crippen LogP contribution in [0, 0.1) is 5.92 Å². The fourth-order valence-corrected chi connectivity index (χ4v) is 1.58. The predicted octanol–water partition coefficient (Wildman–Crippen LogP) is 0.850. The van der Waals surface area contributed by atoms with E-state index < -0.39 is 18.0 Å². The third kappa shape index (κ3) is 2.11. The monoisotopic (exact) mass is 187 g/mol. The third-order valence-electron chi connectivity index (χ3n) is 2.48. The van der Waals surface area contributed by atoms with Crippen LogP contribution in [-0.4, -0.2) is 39.8 Å².